The molecule has 222 valence electrons. The van der Waals surface area contributed by atoms with Gasteiger partial charge >= 0.3 is 5.97 Å². The summed E-state index contributed by atoms with van der Waals surface area (Å²) in [4.78, 5) is 12.2. The highest BCUT2D eigenvalue weighted by Crippen LogP contribution is 2.38. The maximum absolute atomic E-state index is 13.3. The minimum atomic E-state index is -3.93. The van der Waals surface area contributed by atoms with Crippen LogP contribution in [0, 0.1) is 12.3 Å². The molecule has 0 saturated carbocycles. The number of rotatable bonds is 14. The number of carboxylic acids is 1. The van der Waals surface area contributed by atoms with Gasteiger partial charge in [0, 0.05) is 19.3 Å². The van der Waals surface area contributed by atoms with Gasteiger partial charge in [0.1, 0.15) is 16.2 Å². The molecule has 0 bridgehead atoms. The number of carboxylic acid groups (broad SMARTS) is 1. The number of hydrogen-bond acceptors (Lipinski definition) is 8. The van der Waals surface area contributed by atoms with Crippen molar-refractivity contribution < 1.29 is 27.8 Å². The zero-order chi connectivity index (χ0) is 30.3. The lowest BCUT2D eigenvalue weighted by Crippen LogP contribution is -2.34. The Morgan fingerprint density at radius 3 is 2.40 bits per heavy atom. The zero-order valence-corrected chi connectivity index (χ0v) is 25.3. The van der Waals surface area contributed by atoms with E-state index in [0.29, 0.717) is 23.4 Å². The van der Waals surface area contributed by atoms with Gasteiger partial charge in [0.05, 0.1) is 23.8 Å². The van der Waals surface area contributed by atoms with Crippen LogP contribution in [0.15, 0.2) is 59.3 Å². The number of benzene rings is 2. The van der Waals surface area contributed by atoms with E-state index in [0.717, 1.165) is 12.0 Å². The fourth-order valence-corrected chi connectivity index (χ4v) is 5.10. The number of para-hydroxylation sites is 1. The molecule has 0 aliphatic rings. The van der Waals surface area contributed by atoms with Crippen molar-refractivity contribution in [2.75, 3.05) is 13.2 Å². The summed E-state index contributed by atoms with van der Waals surface area (Å²) in [6, 6.07) is 11.8. The van der Waals surface area contributed by atoms with Crippen molar-refractivity contribution in [3.05, 3.63) is 71.1 Å². The summed E-state index contributed by atoms with van der Waals surface area (Å²) >= 11 is 0. The second-order valence-corrected chi connectivity index (χ2v) is 13.1. The first kappa shape index (κ1) is 33.1. The standard InChI is InChI=1S/C29H44N4O6S/c1-8-15-33(31)18-23(30)19-38-26(29(6,7)27(34)35)21-14-13-20(2)22(16-21)17-32-40(36,37)25-12-10-9-11-24(25)39-28(3,4)5/h9-14,16,18,26,32H,8,15,17,19,30-31H2,1-7H3,(H,34,35)/b23-18-. The molecule has 1 unspecified atom stereocenters. The molecule has 0 aliphatic heterocycles. The molecular formula is C29H44N4O6S. The van der Waals surface area contributed by atoms with Crippen LogP contribution in [0.1, 0.15) is 70.8 Å². The van der Waals surface area contributed by atoms with E-state index in [4.69, 9.17) is 21.1 Å². The van der Waals surface area contributed by atoms with Gasteiger partial charge in [-0.3, -0.25) is 4.79 Å². The quantitative estimate of drug-likeness (QED) is 0.191. The highest BCUT2D eigenvalue weighted by atomic mass is 32.2. The van der Waals surface area contributed by atoms with Gasteiger partial charge in [-0.05, 0) is 76.8 Å². The molecule has 2 aromatic carbocycles. The smallest absolute Gasteiger partial charge is 0.312 e. The molecule has 6 N–H and O–H groups in total. The van der Waals surface area contributed by atoms with Gasteiger partial charge in [0.15, 0.2) is 0 Å². The van der Waals surface area contributed by atoms with E-state index in [1.54, 1.807) is 50.4 Å². The molecule has 2 aromatic rings. The molecule has 0 heterocycles. The first-order valence-corrected chi connectivity index (χ1v) is 14.7. The lowest BCUT2D eigenvalue weighted by atomic mass is 9.81. The van der Waals surface area contributed by atoms with E-state index in [2.05, 4.69) is 4.72 Å². The molecule has 0 saturated heterocycles. The first-order chi connectivity index (χ1) is 18.5. The highest BCUT2D eigenvalue weighted by Gasteiger charge is 2.39. The molecule has 0 aromatic heterocycles. The third-order valence-corrected chi connectivity index (χ3v) is 7.56. The van der Waals surface area contributed by atoms with Crippen LogP contribution in [-0.4, -0.2) is 43.3 Å². The van der Waals surface area contributed by atoms with Crippen molar-refractivity contribution in [3.8, 4) is 5.75 Å². The number of aliphatic carboxylic acids is 1. The highest BCUT2D eigenvalue weighted by molar-refractivity contribution is 7.89. The summed E-state index contributed by atoms with van der Waals surface area (Å²) in [5.74, 6) is 5.09. The van der Waals surface area contributed by atoms with Crippen LogP contribution in [-0.2, 0) is 26.1 Å². The maximum Gasteiger partial charge on any atom is 0.312 e. The average Bonchev–Trinajstić information content (AvgIpc) is 2.83. The van der Waals surface area contributed by atoms with Crippen molar-refractivity contribution in [2.24, 2.45) is 17.0 Å². The van der Waals surface area contributed by atoms with Crippen LogP contribution >= 0.6 is 0 Å². The van der Waals surface area contributed by atoms with Crippen molar-refractivity contribution in [2.45, 2.75) is 78.0 Å². The molecule has 0 fully saturated rings. The number of ether oxygens (including phenoxy) is 2. The van der Waals surface area contributed by atoms with E-state index in [9.17, 15) is 18.3 Å². The predicted octanol–water partition coefficient (Wildman–Crippen LogP) is 4.21. The molecule has 0 amide bonds. The Kier molecular flexibility index (Phi) is 11.2. The second kappa shape index (κ2) is 13.5. The summed E-state index contributed by atoms with van der Waals surface area (Å²) in [5, 5.41) is 11.4. The van der Waals surface area contributed by atoms with Gasteiger partial charge in [-0.2, -0.15) is 0 Å². The van der Waals surface area contributed by atoms with Gasteiger partial charge in [0.2, 0.25) is 10.0 Å². The minimum Gasteiger partial charge on any atom is -0.487 e. The summed E-state index contributed by atoms with van der Waals surface area (Å²) in [5.41, 5.74) is 6.61. The van der Waals surface area contributed by atoms with Crippen molar-refractivity contribution >= 4 is 16.0 Å². The van der Waals surface area contributed by atoms with Crippen molar-refractivity contribution in [1.82, 2.24) is 9.73 Å². The Morgan fingerprint density at radius 2 is 1.80 bits per heavy atom. The fraction of sp³-hybridized carbons (Fsp3) is 0.483. The van der Waals surface area contributed by atoms with Crippen LogP contribution in [0.3, 0.4) is 0 Å². The van der Waals surface area contributed by atoms with Crippen LogP contribution in [0.5, 0.6) is 5.75 Å². The SMILES string of the molecule is CCCN(N)/C=C(\N)COC(c1ccc(C)c(CNS(=O)(=O)c2ccccc2OC(C)(C)C)c1)C(C)(C)C(=O)O. The molecule has 1 atom stereocenters. The van der Waals surface area contributed by atoms with E-state index < -0.39 is 33.1 Å². The van der Waals surface area contributed by atoms with Crippen molar-refractivity contribution in [1.29, 1.82) is 0 Å². The Morgan fingerprint density at radius 1 is 1.15 bits per heavy atom. The van der Waals surface area contributed by atoms with E-state index in [1.807, 2.05) is 40.7 Å². The Labute approximate surface area is 238 Å². The summed E-state index contributed by atoms with van der Waals surface area (Å²) in [6.45, 7) is 13.1. The topological polar surface area (TPSA) is 157 Å². The van der Waals surface area contributed by atoms with Gasteiger partial charge in [0.25, 0.3) is 0 Å². The Hall–Kier alpha value is -3.12. The first-order valence-electron chi connectivity index (χ1n) is 13.2. The number of nitrogens with two attached hydrogens (primary N) is 2. The normalized spacial score (nSPS) is 13.7. The lowest BCUT2D eigenvalue weighted by molar-refractivity contribution is -0.156. The zero-order valence-electron chi connectivity index (χ0n) is 24.5. The number of nitrogens with one attached hydrogen (secondary N) is 1. The molecule has 0 spiro atoms. The van der Waals surface area contributed by atoms with E-state index in [-0.39, 0.29) is 23.8 Å². The number of aryl methyl sites for hydroxylation is 1. The molecule has 10 nitrogen and oxygen atoms in total. The number of sulfonamides is 1. The van der Waals surface area contributed by atoms with Crippen LogP contribution < -0.4 is 21.0 Å². The van der Waals surface area contributed by atoms with Gasteiger partial charge < -0.3 is 25.3 Å². The van der Waals surface area contributed by atoms with Crippen LogP contribution in [0.25, 0.3) is 0 Å². The van der Waals surface area contributed by atoms with Gasteiger partial charge in [-0.15, -0.1) is 0 Å². The number of carbonyl (C=O) groups is 1. The minimum absolute atomic E-state index is 0.0206. The summed E-state index contributed by atoms with van der Waals surface area (Å²) in [6.07, 6.45) is 1.51. The van der Waals surface area contributed by atoms with Gasteiger partial charge in [-0.1, -0.05) is 37.3 Å². The number of hydrogen-bond donors (Lipinski definition) is 4. The molecule has 11 heteroatoms. The molecule has 2 rings (SSSR count). The van der Waals surface area contributed by atoms with E-state index in [1.165, 1.54) is 11.1 Å². The van der Waals surface area contributed by atoms with E-state index >= 15 is 0 Å². The molecular weight excluding hydrogens is 532 g/mol. The third kappa shape index (κ3) is 9.22. The summed E-state index contributed by atoms with van der Waals surface area (Å²) < 4.78 is 41.1. The largest absolute Gasteiger partial charge is 0.487 e. The second-order valence-electron chi connectivity index (χ2n) is 11.3. The fourth-order valence-electron chi connectivity index (χ4n) is 3.97. The number of hydrazine groups is 1. The van der Waals surface area contributed by atoms with Gasteiger partial charge in [-0.25, -0.2) is 19.0 Å². The monoisotopic (exact) mass is 576 g/mol. The maximum atomic E-state index is 13.3. The van der Waals surface area contributed by atoms with Crippen molar-refractivity contribution in [3.63, 3.8) is 0 Å². The molecule has 0 aliphatic carbocycles. The molecule has 40 heavy (non-hydrogen) atoms. The summed E-state index contributed by atoms with van der Waals surface area (Å²) in [7, 11) is -3.93. The average molecular weight is 577 g/mol. The Balaban J connectivity index is 2.35. The predicted molar refractivity (Wildman–Crippen MR) is 156 cm³/mol. The van der Waals surface area contributed by atoms with Crippen LogP contribution in [0.2, 0.25) is 0 Å². The third-order valence-electron chi connectivity index (χ3n) is 6.12. The Bertz CT molecular complexity index is 1300. The number of nitrogens with zero attached hydrogens (tertiary/aromatic N) is 1. The van der Waals surface area contributed by atoms with Crippen LogP contribution in [0.4, 0.5) is 0 Å². The molecule has 0 radical (unpaired) electrons. The lowest BCUT2D eigenvalue weighted by Gasteiger charge is -2.31.